The molecular weight excluding hydrogens is 210 g/mol. The van der Waals surface area contributed by atoms with Crippen molar-refractivity contribution in [1.29, 1.82) is 0 Å². The second-order valence-electron chi connectivity index (χ2n) is 5.19. The first-order chi connectivity index (χ1) is 7.86. The van der Waals surface area contributed by atoms with Crippen molar-refractivity contribution < 1.29 is 4.79 Å². The number of amides is 1. The van der Waals surface area contributed by atoms with E-state index in [-0.39, 0.29) is 11.3 Å². The third-order valence-electron chi connectivity index (χ3n) is 2.67. The van der Waals surface area contributed by atoms with Crippen LogP contribution in [0.3, 0.4) is 0 Å². The molecule has 0 aliphatic rings. The summed E-state index contributed by atoms with van der Waals surface area (Å²) in [5, 5.41) is 0. The van der Waals surface area contributed by atoms with E-state index in [1.807, 2.05) is 24.3 Å². The Kier molecular flexibility index (Phi) is 3.96. The lowest BCUT2D eigenvalue weighted by molar-refractivity contribution is 0.0812. The second kappa shape index (κ2) is 5.05. The lowest BCUT2D eigenvalue weighted by Crippen LogP contribution is -2.27. The zero-order valence-corrected chi connectivity index (χ0v) is 10.9. The van der Waals surface area contributed by atoms with E-state index in [2.05, 4.69) is 26.7 Å². The maximum absolute atomic E-state index is 11.9. The van der Waals surface area contributed by atoms with Crippen molar-refractivity contribution in [2.24, 2.45) is 0 Å². The lowest BCUT2D eigenvalue weighted by Gasteiger charge is -2.20. The molecule has 17 heavy (non-hydrogen) atoms. The molecule has 0 N–H and O–H groups in total. The molecule has 0 saturated carbocycles. The summed E-state index contributed by atoms with van der Waals surface area (Å²) in [6.45, 7) is 6.77. The van der Waals surface area contributed by atoms with Gasteiger partial charge < -0.3 is 4.90 Å². The van der Waals surface area contributed by atoms with Crippen molar-refractivity contribution in [1.82, 2.24) is 4.90 Å². The van der Waals surface area contributed by atoms with Crippen molar-refractivity contribution >= 4 is 5.91 Å². The highest BCUT2D eigenvalue weighted by molar-refractivity contribution is 5.94. The van der Waals surface area contributed by atoms with Gasteiger partial charge in [-0.05, 0) is 23.1 Å². The van der Waals surface area contributed by atoms with E-state index in [4.69, 9.17) is 6.42 Å². The van der Waals surface area contributed by atoms with Gasteiger partial charge in [-0.25, -0.2) is 0 Å². The van der Waals surface area contributed by atoms with E-state index >= 15 is 0 Å². The number of terminal acetylenes is 1. The highest BCUT2D eigenvalue weighted by Gasteiger charge is 2.15. The zero-order chi connectivity index (χ0) is 13.1. The van der Waals surface area contributed by atoms with E-state index < -0.39 is 0 Å². The number of carbonyl (C=O) groups excluding carboxylic acids is 1. The van der Waals surface area contributed by atoms with Gasteiger partial charge in [-0.3, -0.25) is 4.79 Å². The number of carbonyl (C=O) groups is 1. The first-order valence-electron chi connectivity index (χ1n) is 5.65. The molecule has 0 bridgehead atoms. The largest absolute Gasteiger partial charge is 0.331 e. The lowest BCUT2D eigenvalue weighted by atomic mass is 9.86. The van der Waals surface area contributed by atoms with Crippen LogP contribution < -0.4 is 0 Å². The van der Waals surface area contributed by atoms with Crippen LogP contribution in [0, 0.1) is 12.3 Å². The molecule has 0 atom stereocenters. The van der Waals surface area contributed by atoms with Crippen LogP contribution >= 0.6 is 0 Å². The molecule has 0 unspecified atom stereocenters. The summed E-state index contributed by atoms with van der Waals surface area (Å²) in [6.07, 6.45) is 5.18. The van der Waals surface area contributed by atoms with E-state index in [1.165, 1.54) is 10.5 Å². The van der Waals surface area contributed by atoms with Crippen LogP contribution in [-0.4, -0.2) is 24.4 Å². The van der Waals surface area contributed by atoms with Crippen LogP contribution in [0.5, 0.6) is 0 Å². The van der Waals surface area contributed by atoms with Crippen molar-refractivity contribution in [3.63, 3.8) is 0 Å². The molecular formula is C15H19NO. The summed E-state index contributed by atoms with van der Waals surface area (Å²) in [5.74, 6) is 2.42. The minimum Gasteiger partial charge on any atom is -0.331 e. The van der Waals surface area contributed by atoms with Crippen molar-refractivity contribution in [3.05, 3.63) is 35.4 Å². The molecule has 0 spiro atoms. The third-order valence-corrected chi connectivity index (χ3v) is 2.67. The summed E-state index contributed by atoms with van der Waals surface area (Å²) < 4.78 is 0. The molecule has 0 radical (unpaired) electrons. The molecule has 0 fully saturated rings. The summed E-state index contributed by atoms with van der Waals surface area (Å²) in [7, 11) is 1.71. The van der Waals surface area contributed by atoms with Gasteiger partial charge in [0.25, 0.3) is 5.91 Å². The predicted molar refractivity (Wildman–Crippen MR) is 70.9 cm³/mol. The average molecular weight is 229 g/mol. The van der Waals surface area contributed by atoms with Gasteiger partial charge in [0, 0.05) is 12.6 Å². The fraction of sp³-hybridized carbons (Fsp3) is 0.400. The maximum Gasteiger partial charge on any atom is 0.254 e. The number of hydrogen-bond acceptors (Lipinski definition) is 1. The molecule has 1 aromatic rings. The predicted octanol–water partition coefficient (Wildman–Crippen LogP) is 2.69. The quantitative estimate of drug-likeness (QED) is 0.714. The van der Waals surface area contributed by atoms with Crippen LogP contribution in [-0.2, 0) is 5.41 Å². The van der Waals surface area contributed by atoms with Crippen molar-refractivity contribution in [3.8, 4) is 12.3 Å². The Bertz CT molecular complexity index is 431. The molecule has 1 amide bonds. The van der Waals surface area contributed by atoms with E-state index in [0.29, 0.717) is 12.1 Å². The summed E-state index contributed by atoms with van der Waals surface area (Å²) >= 11 is 0. The Hall–Kier alpha value is -1.75. The zero-order valence-electron chi connectivity index (χ0n) is 10.9. The van der Waals surface area contributed by atoms with Crippen LogP contribution in [0.2, 0.25) is 0 Å². The first-order valence-corrected chi connectivity index (χ1v) is 5.65. The first kappa shape index (κ1) is 13.3. The van der Waals surface area contributed by atoms with E-state index in [0.717, 1.165) is 0 Å². The van der Waals surface area contributed by atoms with Gasteiger partial charge in [0.15, 0.2) is 0 Å². The molecule has 2 nitrogen and oxygen atoms in total. The normalized spacial score (nSPS) is 10.8. The molecule has 1 aromatic carbocycles. The van der Waals surface area contributed by atoms with Crippen LogP contribution in [0.4, 0.5) is 0 Å². The van der Waals surface area contributed by atoms with E-state index in [9.17, 15) is 4.79 Å². The Labute approximate surface area is 104 Å². The molecule has 2 heteroatoms. The smallest absolute Gasteiger partial charge is 0.254 e. The summed E-state index contributed by atoms with van der Waals surface area (Å²) in [5.41, 5.74) is 2.00. The summed E-state index contributed by atoms with van der Waals surface area (Å²) in [6, 6.07) is 7.71. The Balaban J connectivity index is 2.89. The van der Waals surface area contributed by atoms with Gasteiger partial charge in [-0.15, -0.1) is 6.42 Å². The molecule has 0 aliphatic heterocycles. The number of rotatable bonds is 2. The molecule has 0 saturated heterocycles. The van der Waals surface area contributed by atoms with Crippen molar-refractivity contribution in [2.75, 3.05) is 13.6 Å². The van der Waals surface area contributed by atoms with Gasteiger partial charge in [0.05, 0.1) is 6.54 Å². The Morgan fingerprint density at radius 1 is 1.29 bits per heavy atom. The van der Waals surface area contributed by atoms with Crippen LogP contribution in [0.25, 0.3) is 0 Å². The molecule has 90 valence electrons. The molecule has 0 aromatic heterocycles. The highest BCUT2D eigenvalue weighted by Crippen LogP contribution is 2.22. The van der Waals surface area contributed by atoms with E-state index in [1.54, 1.807) is 7.05 Å². The summed E-state index contributed by atoms with van der Waals surface area (Å²) in [4.78, 5) is 13.5. The number of benzene rings is 1. The topological polar surface area (TPSA) is 20.3 Å². The second-order valence-corrected chi connectivity index (χ2v) is 5.19. The van der Waals surface area contributed by atoms with Crippen LogP contribution in [0.15, 0.2) is 24.3 Å². The SMILES string of the molecule is C#CCN(C)C(=O)c1ccc(C(C)(C)C)cc1. The fourth-order valence-corrected chi connectivity index (χ4v) is 1.54. The molecule has 0 aliphatic carbocycles. The van der Waals surface area contributed by atoms with Crippen LogP contribution in [0.1, 0.15) is 36.7 Å². The Morgan fingerprint density at radius 2 is 1.82 bits per heavy atom. The van der Waals surface area contributed by atoms with Crippen molar-refractivity contribution in [2.45, 2.75) is 26.2 Å². The van der Waals surface area contributed by atoms with Gasteiger partial charge in [0.1, 0.15) is 0 Å². The molecule has 1 rings (SSSR count). The highest BCUT2D eigenvalue weighted by atomic mass is 16.2. The Morgan fingerprint density at radius 3 is 2.24 bits per heavy atom. The van der Waals surface area contributed by atoms with Gasteiger partial charge >= 0.3 is 0 Å². The number of hydrogen-bond donors (Lipinski definition) is 0. The van der Waals surface area contributed by atoms with Gasteiger partial charge in [-0.2, -0.15) is 0 Å². The standard InChI is InChI=1S/C15H19NO/c1-6-11-16(5)14(17)12-7-9-13(10-8-12)15(2,3)4/h1,7-10H,11H2,2-5H3. The average Bonchev–Trinajstić information content (AvgIpc) is 2.27. The minimum absolute atomic E-state index is 0.0385. The minimum atomic E-state index is -0.0385. The van der Waals surface area contributed by atoms with Gasteiger partial charge in [-0.1, -0.05) is 38.8 Å². The fourth-order valence-electron chi connectivity index (χ4n) is 1.54. The third kappa shape index (κ3) is 3.35. The van der Waals surface area contributed by atoms with Gasteiger partial charge in [0.2, 0.25) is 0 Å². The monoisotopic (exact) mass is 229 g/mol. The maximum atomic E-state index is 11.9. The number of nitrogens with zero attached hydrogens (tertiary/aromatic N) is 1. The molecule has 0 heterocycles.